The van der Waals surface area contributed by atoms with Crippen molar-refractivity contribution in [1.29, 1.82) is 0 Å². The molecule has 0 bridgehead atoms. The van der Waals surface area contributed by atoms with Crippen molar-refractivity contribution in [2.24, 2.45) is 0 Å². The first-order chi connectivity index (χ1) is 16.3. The predicted octanol–water partition coefficient (Wildman–Crippen LogP) is 4.04. The maximum atomic E-state index is 13.6. The van der Waals surface area contributed by atoms with Crippen molar-refractivity contribution in [1.82, 2.24) is 20.1 Å². The number of pyridine rings is 1. The summed E-state index contributed by atoms with van der Waals surface area (Å²) in [5.41, 5.74) is 2.96. The van der Waals surface area contributed by atoms with Crippen LogP contribution in [0.15, 0.2) is 79.3 Å². The lowest BCUT2D eigenvalue weighted by Gasteiger charge is -2.29. The minimum atomic E-state index is -3.54. The molecule has 34 heavy (non-hydrogen) atoms. The van der Waals surface area contributed by atoms with Crippen LogP contribution in [0, 0.1) is 0 Å². The van der Waals surface area contributed by atoms with Crippen molar-refractivity contribution in [3.05, 3.63) is 84.8 Å². The van der Waals surface area contributed by atoms with Crippen LogP contribution >= 0.6 is 0 Å². The highest BCUT2D eigenvalue weighted by Crippen LogP contribution is 2.39. The molecule has 2 amide bonds. The van der Waals surface area contributed by atoms with E-state index in [1.165, 1.54) is 0 Å². The topological polar surface area (TPSA) is 80.1 Å². The van der Waals surface area contributed by atoms with Crippen molar-refractivity contribution >= 4 is 28.4 Å². The van der Waals surface area contributed by atoms with Gasteiger partial charge in [0.1, 0.15) is 0 Å². The Morgan fingerprint density at radius 3 is 2.56 bits per heavy atom. The third kappa shape index (κ3) is 3.89. The van der Waals surface area contributed by atoms with Gasteiger partial charge in [-0.2, -0.15) is 13.9 Å². The molecule has 2 atom stereocenters. The van der Waals surface area contributed by atoms with Crippen LogP contribution in [0.3, 0.4) is 0 Å². The minimum absolute atomic E-state index is 0.0889. The average molecular weight is 461 g/mol. The fourth-order valence-electron chi connectivity index (χ4n) is 4.35. The number of carbonyl (C=O) groups excluding carboxylic acids is 2. The van der Waals surface area contributed by atoms with E-state index in [4.69, 9.17) is 0 Å². The highest BCUT2D eigenvalue weighted by molar-refractivity contribution is 6.00. The molecule has 0 radical (unpaired) electrons. The van der Waals surface area contributed by atoms with E-state index in [1.54, 1.807) is 34.2 Å². The second-order valence-electron chi connectivity index (χ2n) is 8.30. The van der Waals surface area contributed by atoms with Crippen molar-refractivity contribution in [2.75, 3.05) is 4.90 Å². The van der Waals surface area contributed by atoms with Crippen LogP contribution in [0.4, 0.5) is 14.5 Å². The summed E-state index contributed by atoms with van der Waals surface area (Å²) in [6.07, 6.45) is 4.99. The first-order valence-electron chi connectivity index (χ1n) is 10.8. The molecule has 9 heteroatoms. The van der Waals surface area contributed by atoms with Gasteiger partial charge in [0.2, 0.25) is 5.91 Å². The molecule has 2 aromatic carbocycles. The number of nitrogens with zero attached hydrogens (tertiary/aromatic N) is 4. The largest absolute Gasteiger partial charge is 0.345 e. The Labute approximate surface area is 194 Å². The fourth-order valence-corrected chi connectivity index (χ4v) is 4.35. The summed E-state index contributed by atoms with van der Waals surface area (Å²) in [6, 6.07) is 16.8. The van der Waals surface area contributed by atoms with Gasteiger partial charge < -0.3 is 10.2 Å². The quantitative estimate of drug-likeness (QED) is 0.487. The van der Waals surface area contributed by atoms with E-state index in [9.17, 15) is 18.4 Å². The Kier molecular flexibility index (Phi) is 5.31. The van der Waals surface area contributed by atoms with Crippen LogP contribution in [0.5, 0.6) is 0 Å². The Bertz CT molecular complexity index is 1350. The highest BCUT2D eigenvalue weighted by atomic mass is 19.3. The van der Waals surface area contributed by atoms with E-state index >= 15 is 0 Å². The second-order valence-corrected chi connectivity index (χ2v) is 8.30. The first kappa shape index (κ1) is 21.7. The van der Waals surface area contributed by atoms with Crippen LogP contribution in [-0.4, -0.2) is 38.5 Å². The SMILES string of the molecule is CC(F)(F)C(=O)NC1CC(=O)N(c2ccc3c(cnn3-c3cccnc3)c2)C1c1ccccc1. The number of halogens is 2. The normalized spacial score (nSPS) is 18.4. The summed E-state index contributed by atoms with van der Waals surface area (Å²) < 4.78 is 29.0. The third-order valence-electron chi connectivity index (χ3n) is 5.90. The monoisotopic (exact) mass is 461 g/mol. The van der Waals surface area contributed by atoms with Crippen molar-refractivity contribution in [2.45, 2.75) is 31.4 Å². The molecule has 2 aromatic heterocycles. The Hall–Kier alpha value is -4.14. The molecule has 1 fully saturated rings. The summed E-state index contributed by atoms with van der Waals surface area (Å²) in [5, 5.41) is 7.63. The zero-order valence-corrected chi connectivity index (χ0v) is 18.2. The first-order valence-corrected chi connectivity index (χ1v) is 10.8. The van der Waals surface area contributed by atoms with Gasteiger partial charge in [-0.3, -0.25) is 14.6 Å². The molecule has 4 aromatic rings. The van der Waals surface area contributed by atoms with Crippen LogP contribution < -0.4 is 10.2 Å². The average Bonchev–Trinajstić information content (AvgIpc) is 3.39. The van der Waals surface area contributed by atoms with Gasteiger partial charge in [0.15, 0.2) is 0 Å². The van der Waals surface area contributed by atoms with E-state index in [0.29, 0.717) is 12.6 Å². The van der Waals surface area contributed by atoms with E-state index in [1.807, 2.05) is 54.6 Å². The Balaban J connectivity index is 1.54. The summed E-state index contributed by atoms with van der Waals surface area (Å²) in [4.78, 5) is 30.9. The number of amides is 2. The zero-order chi connectivity index (χ0) is 23.9. The lowest BCUT2D eigenvalue weighted by molar-refractivity contribution is -0.143. The standard InChI is InChI=1S/C25H21F2N5O2/c1-25(26,27)24(34)30-20-13-22(33)31(23(20)16-6-3-2-4-7-16)18-9-10-21-17(12-18)14-29-32(21)19-8-5-11-28-15-19/h2-12,14-15,20,23H,13H2,1H3,(H,30,34). The van der Waals surface area contributed by atoms with Crippen LogP contribution in [0.1, 0.15) is 24.9 Å². The number of alkyl halides is 2. The van der Waals surface area contributed by atoms with Crippen LogP contribution in [0.25, 0.3) is 16.6 Å². The number of anilines is 1. The van der Waals surface area contributed by atoms with Gasteiger partial charge in [-0.25, -0.2) is 4.68 Å². The molecule has 7 nitrogen and oxygen atoms in total. The Morgan fingerprint density at radius 2 is 1.85 bits per heavy atom. The number of hydrogen-bond donors (Lipinski definition) is 1. The summed E-state index contributed by atoms with van der Waals surface area (Å²) >= 11 is 0. The Morgan fingerprint density at radius 1 is 1.06 bits per heavy atom. The molecular weight excluding hydrogens is 440 g/mol. The molecule has 0 aliphatic carbocycles. The molecule has 5 rings (SSSR count). The molecule has 0 spiro atoms. The lowest BCUT2D eigenvalue weighted by atomic mass is 9.99. The molecule has 1 N–H and O–H groups in total. The zero-order valence-electron chi connectivity index (χ0n) is 18.2. The fraction of sp³-hybridized carbons (Fsp3) is 0.200. The van der Waals surface area contributed by atoms with Gasteiger partial charge in [-0.1, -0.05) is 30.3 Å². The maximum absolute atomic E-state index is 13.6. The molecule has 172 valence electrons. The molecule has 3 heterocycles. The van der Waals surface area contributed by atoms with Gasteiger partial charge in [-0.15, -0.1) is 0 Å². The number of carbonyl (C=O) groups is 2. The van der Waals surface area contributed by atoms with Gasteiger partial charge in [0.25, 0.3) is 5.91 Å². The minimum Gasteiger partial charge on any atom is -0.345 e. The predicted molar refractivity (Wildman–Crippen MR) is 123 cm³/mol. The van der Waals surface area contributed by atoms with Gasteiger partial charge in [0, 0.05) is 30.6 Å². The third-order valence-corrected chi connectivity index (χ3v) is 5.90. The summed E-state index contributed by atoms with van der Waals surface area (Å²) in [5.74, 6) is -5.21. The van der Waals surface area contributed by atoms with Crippen molar-refractivity contribution in [3.8, 4) is 5.69 Å². The van der Waals surface area contributed by atoms with Gasteiger partial charge >= 0.3 is 5.92 Å². The molecule has 0 saturated carbocycles. The van der Waals surface area contributed by atoms with E-state index in [-0.39, 0.29) is 12.3 Å². The number of hydrogen-bond acceptors (Lipinski definition) is 4. The maximum Gasteiger partial charge on any atom is 0.321 e. The number of fused-ring (bicyclic) bond motifs is 1. The van der Waals surface area contributed by atoms with Gasteiger partial charge in [-0.05, 0) is 35.9 Å². The van der Waals surface area contributed by atoms with Crippen molar-refractivity contribution < 1.29 is 18.4 Å². The smallest absolute Gasteiger partial charge is 0.321 e. The van der Waals surface area contributed by atoms with E-state index < -0.39 is 23.9 Å². The molecule has 1 aliphatic rings. The molecular formula is C25H21F2N5O2. The highest BCUT2D eigenvalue weighted by Gasteiger charge is 2.45. The lowest BCUT2D eigenvalue weighted by Crippen LogP contribution is -2.46. The van der Waals surface area contributed by atoms with Crippen LogP contribution in [0.2, 0.25) is 0 Å². The van der Waals surface area contributed by atoms with Crippen LogP contribution in [-0.2, 0) is 9.59 Å². The summed E-state index contributed by atoms with van der Waals surface area (Å²) in [7, 11) is 0. The van der Waals surface area contributed by atoms with E-state index in [2.05, 4.69) is 15.4 Å². The van der Waals surface area contributed by atoms with E-state index in [0.717, 1.165) is 22.2 Å². The second kappa shape index (κ2) is 8.33. The molecule has 1 aliphatic heterocycles. The number of rotatable bonds is 5. The van der Waals surface area contributed by atoms with Crippen molar-refractivity contribution in [3.63, 3.8) is 0 Å². The van der Waals surface area contributed by atoms with Gasteiger partial charge in [0.05, 0.1) is 35.7 Å². The number of aromatic nitrogens is 3. The molecule has 2 unspecified atom stereocenters. The molecule has 1 saturated heterocycles. The summed E-state index contributed by atoms with van der Waals surface area (Å²) in [6.45, 7) is 0.544. The number of nitrogens with one attached hydrogen (secondary N) is 1. The number of benzene rings is 2.